The molecule has 0 atom stereocenters. The summed E-state index contributed by atoms with van der Waals surface area (Å²) in [5.41, 5.74) is 1.91. The number of unbranched alkanes of at least 4 members (excludes halogenated alkanes) is 3. The molecular weight excluding hydrogens is 406 g/mol. The average Bonchev–Trinajstić information content (AvgIpc) is 2.80. The number of rotatable bonds is 9. The molecule has 1 N–H and O–H groups in total. The number of amides is 1. The first-order chi connectivity index (χ1) is 15.2. The number of piperazine rings is 1. The van der Waals surface area contributed by atoms with Crippen LogP contribution in [0.2, 0.25) is 0 Å². The summed E-state index contributed by atoms with van der Waals surface area (Å²) in [5.74, 6) is 0.622. The Hall–Kier alpha value is -2.44. The monoisotopic (exact) mass is 439 g/mol. The van der Waals surface area contributed by atoms with E-state index in [-0.39, 0.29) is 5.91 Å². The SMILES string of the molecule is CCCCCCOc1ccc(C(=O)NC(=S)N2CCN(Cc3ccccc3)CC2)cc1. The van der Waals surface area contributed by atoms with Crippen molar-refractivity contribution in [2.75, 3.05) is 32.8 Å². The van der Waals surface area contributed by atoms with Crippen molar-refractivity contribution in [3.8, 4) is 5.75 Å². The van der Waals surface area contributed by atoms with Crippen molar-refractivity contribution in [1.29, 1.82) is 0 Å². The molecule has 31 heavy (non-hydrogen) atoms. The van der Waals surface area contributed by atoms with Crippen LogP contribution in [0.15, 0.2) is 54.6 Å². The Morgan fingerprint density at radius 2 is 1.68 bits per heavy atom. The standard InChI is InChI=1S/C25H33N3O2S/c1-2-3-4-8-19-30-23-13-11-22(12-14-23)24(29)26-25(31)28-17-15-27(16-18-28)20-21-9-6-5-7-10-21/h5-7,9-14H,2-4,8,15-20H2,1H3,(H,26,29,31). The van der Waals surface area contributed by atoms with E-state index in [1.165, 1.54) is 24.8 Å². The molecule has 0 radical (unpaired) electrons. The van der Waals surface area contributed by atoms with Gasteiger partial charge in [0.1, 0.15) is 5.75 Å². The summed E-state index contributed by atoms with van der Waals surface area (Å²) in [6.45, 7) is 7.34. The van der Waals surface area contributed by atoms with Crippen LogP contribution in [-0.4, -0.2) is 53.6 Å². The summed E-state index contributed by atoms with van der Waals surface area (Å²) in [4.78, 5) is 17.1. The van der Waals surface area contributed by atoms with Gasteiger partial charge in [-0.15, -0.1) is 0 Å². The van der Waals surface area contributed by atoms with E-state index in [1.807, 2.05) is 18.2 Å². The Kier molecular flexibility index (Phi) is 9.31. The van der Waals surface area contributed by atoms with Crippen LogP contribution in [0, 0.1) is 0 Å². The van der Waals surface area contributed by atoms with Crippen molar-refractivity contribution in [3.63, 3.8) is 0 Å². The Balaban J connectivity index is 1.39. The molecule has 166 valence electrons. The molecule has 2 aromatic carbocycles. The number of hydrogen-bond donors (Lipinski definition) is 1. The lowest BCUT2D eigenvalue weighted by Crippen LogP contribution is -2.52. The van der Waals surface area contributed by atoms with E-state index in [2.05, 4.69) is 46.3 Å². The number of thiocarbonyl (C=S) groups is 1. The second-order valence-electron chi connectivity index (χ2n) is 7.94. The molecule has 1 heterocycles. The zero-order valence-electron chi connectivity index (χ0n) is 18.4. The molecule has 0 aliphatic carbocycles. The number of carbonyl (C=O) groups is 1. The molecule has 5 nitrogen and oxygen atoms in total. The van der Waals surface area contributed by atoms with Gasteiger partial charge in [0.05, 0.1) is 6.61 Å². The molecular formula is C25H33N3O2S. The lowest BCUT2D eigenvalue weighted by Gasteiger charge is -2.36. The highest BCUT2D eigenvalue weighted by molar-refractivity contribution is 7.80. The summed E-state index contributed by atoms with van der Waals surface area (Å²) in [6, 6.07) is 17.8. The van der Waals surface area contributed by atoms with Crippen molar-refractivity contribution in [1.82, 2.24) is 15.1 Å². The zero-order valence-corrected chi connectivity index (χ0v) is 19.2. The van der Waals surface area contributed by atoms with E-state index < -0.39 is 0 Å². The summed E-state index contributed by atoms with van der Waals surface area (Å²) < 4.78 is 5.75. The van der Waals surface area contributed by atoms with Crippen LogP contribution in [0.1, 0.15) is 48.5 Å². The number of hydrogen-bond acceptors (Lipinski definition) is 4. The van der Waals surface area contributed by atoms with E-state index in [4.69, 9.17) is 17.0 Å². The summed E-state index contributed by atoms with van der Waals surface area (Å²) in [5, 5.41) is 3.38. The first-order valence-corrected chi connectivity index (χ1v) is 11.7. The lowest BCUT2D eigenvalue weighted by molar-refractivity contribution is 0.0969. The molecule has 1 saturated heterocycles. The van der Waals surface area contributed by atoms with Gasteiger partial charge in [0.25, 0.3) is 5.91 Å². The summed E-state index contributed by atoms with van der Waals surface area (Å²) in [6.07, 6.45) is 4.71. The normalized spacial score (nSPS) is 14.3. The van der Waals surface area contributed by atoms with Gasteiger partial charge in [-0.3, -0.25) is 15.0 Å². The Morgan fingerprint density at radius 3 is 2.35 bits per heavy atom. The first-order valence-electron chi connectivity index (χ1n) is 11.2. The number of benzene rings is 2. The van der Waals surface area contributed by atoms with Gasteiger partial charge in [0.15, 0.2) is 5.11 Å². The molecule has 1 fully saturated rings. The van der Waals surface area contributed by atoms with Gasteiger partial charge in [0.2, 0.25) is 0 Å². The second kappa shape index (κ2) is 12.4. The fourth-order valence-corrected chi connectivity index (χ4v) is 3.90. The fraction of sp³-hybridized carbons (Fsp3) is 0.440. The molecule has 6 heteroatoms. The highest BCUT2D eigenvalue weighted by atomic mass is 32.1. The molecule has 0 aromatic heterocycles. The van der Waals surface area contributed by atoms with Gasteiger partial charge in [-0.25, -0.2) is 0 Å². The molecule has 2 aromatic rings. The summed E-state index contributed by atoms with van der Waals surface area (Å²) in [7, 11) is 0. The predicted octanol–water partition coefficient (Wildman–Crippen LogP) is 4.48. The Morgan fingerprint density at radius 1 is 0.968 bits per heavy atom. The van der Waals surface area contributed by atoms with E-state index in [9.17, 15) is 4.79 Å². The largest absolute Gasteiger partial charge is 0.494 e. The number of ether oxygens (including phenoxy) is 1. The van der Waals surface area contributed by atoms with E-state index >= 15 is 0 Å². The van der Waals surface area contributed by atoms with Crippen LogP contribution in [-0.2, 0) is 6.54 Å². The van der Waals surface area contributed by atoms with E-state index in [0.717, 1.165) is 44.9 Å². The quantitative estimate of drug-likeness (QED) is 0.461. The van der Waals surface area contributed by atoms with Gasteiger partial charge < -0.3 is 9.64 Å². The highest BCUT2D eigenvalue weighted by Gasteiger charge is 2.20. The number of carbonyl (C=O) groups excluding carboxylic acids is 1. The van der Waals surface area contributed by atoms with E-state index in [0.29, 0.717) is 17.3 Å². The molecule has 1 aliphatic rings. The second-order valence-corrected chi connectivity index (χ2v) is 8.33. The van der Waals surface area contributed by atoms with Crippen molar-refractivity contribution in [2.45, 2.75) is 39.2 Å². The fourth-order valence-electron chi connectivity index (χ4n) is 3.62. The third kappa shape index (κ3) is 7.64. The molecule has 1 amide bonds. The molecule has 0 spiro atoms. The maximum absolute atomic E-state index is 12.6. The van der Waals surface area contributed by atoms with Gasteiger partial charge >= 0.3 is 0 Å². The molecule has 3 rings (SSSR count). The molecule has 0 saturated carbocycles. The Labute approximate surface area is 191 Å². The minimum atomic E-state index is -0.175. The van der Waals surface area contributed by atoms with Gasteiger partial charge in [-0.2, -0.15) is 0 Å². The van der Waals surface area contributed by atoms with Crippen LogP contribution in [0.3, 0.4) is 0 Å². The molecule has 0 unspecified atom stereocenters. The third-order valence-electron chi connectivity index (χ3n) is 5.51. The topological polar surface area (TPSA) is 44.8 Å². The van der Waals surface area contributed by atoms with Crippen LogP contribution in [0.4, 0.5) is 0 Å². The van der Waals surface area contributed by atoms with Crippen LogP contribution in [0.5, 0.6) is 5.75 Å². The third-order valence-corrected chi connectivity index (χ3v) is 5.87. The predicted molar refractivity (Wildman–Crippen MR) is 129 cm³/mol. The molecule has 0 bridgehead atoms. The number of nitrogens with zero attached hydrogens (tertiary/aromatic N) is 2. The van der Waals surface area contributed by atoms with Crippen molar-refractivity contribution >= 4 is 23.2 Å². The smallest absolute Gasteiger partial charge is 0.257 e. The van der Waals surface area contributed by atoms with Gasteiger partial charge in [-0.1, -0.05) is 56.5 Å². The number of nitrogens with one attached hydrogen (secondary N) is 1. The summed E-state index contributed by atoms with van der Waals surface area (Å²) >= 11 is 5.49. The van der Waals surface area contributed by atoms with Crippen LogP contribution in [0.25, 0.3) is 0 Å². The first kappa shape index (κ1) is 23.2. The average molecular weight is 440 g/mol. The maximum atomic E-state index is 12.6. The minimum absolute atomic E-state index is 0.175. The van der Waals surface area contributed by atoms with Crippen LogP contribution >= 0.6 is 12.2 Å². The molecule has 1 aliphatic heterocycles. The maximum Gasteiger partial charge on any atom is 0.257 e. The Bertz CT molecular complexity index is 818. The lowest BCUT2D eigenvalue weighted by atomic mass is 10.2. The van der Waals surface area contributed by atoms with Crippen molar-refractivity contribution < 1.29 is 9.53 Å². The minimum Gasteiger partial charge on any atom is -0.494 e. The zero-order chi connectivity index (χ0) is 21.9. The van der Waals surface area contributed by atoms with Crippen molar-refractivity contribution in [3.05, 3.63) is 65.7 Å². The van der Waals surface area contributed by atoms with Gasteiger partial charge in [0, 0.05) is 38.3 Å². The van der Waals surface area contributed by atoms with Crippen LogP contribution < -0.4 is 10.1 Å². The van der Waals surface area contributed by atoms with E-state index in [1.54, 1.807) is 12.1 Å². The highest BCUT2D eigenvalue weighted by Crippen LogP contribution is 2.14. The van der Waals surface area contributed by atoms with Gasteiger partial charge in [-0.05, 0) is 48.5 Å². The van der Waals surface area contributed by atoms with Crippen molar-refractivity contribution in [2.24, 2.45) is 0 Å².